The molecular weight excluding hydrogens is 971 g/mol. The van der Waals surface area contributed by atoms with E-state index in [1.807, 2.05) is 97.1 Å². The fourth-order valence-electron chi connectivity index (χ4n) is 9.29. The fourth-order valence-corrected chi connectivity index (χ4v) is 9.29. The Labute approximate surface area is 440 Å². The Morgan fingerprint density at radius 3 is 1.30 bits per heavy atom. The first-order valence-corrected chi connectivity index (χ1v) is 24.8. The van der Waals surface area contributed by atoms with Crippen LogP contribution in [-0.2, 0) is 44.6 Å². The Bertz CT molecular complexity index is 3070. The van der Waals surface area contributed by atoms with Gasteiger partial charge in [0.05, 0.1) is 24.7 Å². The molecule has 16 heteroatoms. The number of carbonyl (C=O) groups excluding carboxylic acids is 7. The zero-order chi connectivity index (χ0) is 54.3. The number of rotatable bonds is 14. The number of fused-ring (bicyclic) bond motifs is 7. The van der Waals surface area contributed by atoms with Crippen molar-refractivity contribution < 1.29 is 62.1 Å². The van der Waals surface area contributed by atoms with E-state index in [2.05, 4.69) is 34.9 Å². The van der Waals surface area contributed by atoms with Gasteiger partial charge in [-0.2, -0.15) is 0 Å². The van der Waals surface area contributed by atoms with E-state index in [9.17, 15) is 33.6 Å². The van der Waals surface area contributed by atoms with Gasteiger partial charge in [-0.15, -0.1) is 0 Å². The van der Waals surface area contributed by atoms with Crippen LogP contribution in [0, 0.1) is 0 Å². The molecule has 392 valence electrons. The predicted octanol–water partition coefficient (Wildman–Crippen LogP) is 9.87. The maximum absolute atomic E-state index is 12.9. The number of nitrogens with zero attached hydrogens (tertiary/aromatic N) is 1. The molecule has 0 saturated heterocycles. The molecular formula is C60H59N3O13. The molecule has 16 nitrogen and oxygen atoms in total. The quantitative estimate of drug-likeness (QED) is 0.0594. The predicted molar refractivity (Wildman–Crippen MR) is 280 cm³/mol. The number of alkyl carbamates (subject to hydrolysis) is 2. The number of hydrogen-bond donors (Lipinski definition) is 2. The second-order valence-electron chi connectivity index (χ2n) is 20.3. The van der Waals surface area contributed by atoms with E-state index in [4.69, 9.17) is 28.5 Å². The molecule has 0 aromatic heterocycles. The van der Waals surface area contributed by atoms with Crippen molar-refractivity contribution in [2.75, 3.05) is 20.3 Å². The van der Waals surface area contributed by atoms with Gasteiger partial charge in [0, 0.05) is 18.3 Å². The largest absolute Gasteiger partial charge is 0.497 e. The fraction of sp³-hybridized carbons (Fsp3) is 0.283. The minimum atomic E-state index is -1.51. The van der Waals surface area contributed by atoms with Crippen LogP contribution in [0.4, 0.5) is 9.59 Å². The highest BCUT2D eigenvalue weighted by atomic mass is 16.7. The van der Waals surface area contributed by atoms with E-state index in [1.165, 1.54) is 12.1 Å². The minimum Gasteiger partial charge on any atom is -0.497 e. The van der Waals surface area contributed by atoms with E-state index >= 15 is 0 Å². The molecule has 9 rings (SSSR count). The van der Waals surface area contributed by atoms with Gasteiger partial charge in [0.15, 0.2) is 0 Å². The number of hydrogen-bond acceptors (Lipinski definition) is 13. The van der Waals surface area contributed by atoms with Crippen molar-refractivity contribution in [1.82, 2.24) is 15.7 Å². The van der Waals surface area contributed by atoms with E-state index in [0.29, 0.717) is 10.8 Å². The Morgan fingerprint density at radius 2 is 0.895 bits per heavy atom. The smallest absolute Gasteiger partial charge is 0.407 e. The van der Waals surface area contributed by atoms with E-state index in [0.717, 1.165) is 50.1 Å². The Hall–Kier alpha value is -8.79. The van der Waals surface area contributed by atoms with Gasteiger partial charge < -0.3 is 39.2 Å². The Kier molecular flexibility index (Phi) is 16.0. The van der Waals surface area contributed by atoms with Crippen molar-refractivity contribution in [1.29, 1.82) is 0 Å². The topological polar surface area (TPSA) is 202 Å². The highest BCUT2D eigenvalue weighted by Gasteiger charge is 2.40. The zero-order valence-electron chi connectivity index (χ0n) is 43.2. The number of esters is 2. The van der Waals surface area contributed by atoms with Gasteiger partial charge in [-0.1, -0.05) is 126 Å². The van der Waals surface area contributed by atoms with E-state index in [-0.39, 0.29) is 42.6 Å². The van der Waals surface area contributed by atoms with Crippen molar-refractivity contribution in [3.8, 4) is 28.0 Å². The first-order valence-electron chi connectivity index (χ1n) is 24.8. The maximum atomic E-state index is 12.9. The summed E-state index contributed by atoms with van der Waals surface area (Å²) in [6.07, 6.45) is -2.08. The summed E-state index contributed by atoms with van der Waals surface area (Å²) in [5, 5.41) is 5.44. The van der Waals surface area contributed by atoms with Crippen molar-refractivity contribution in [3.63, 3.8) is 0 Å². The van der Waals surface area contributed by atoms with Crippen molar-refractivity contribution in [2.24, 2.45) is 0 Å². The highest BCUT2D eigenvalue weighted by molar-refractivity contribution is 6.21. The molecule has 1 heterocycles. The zero-order valence-corrected chi connectivity index (χ0v) is 43.2. The Morgan fingerprint density at radius 1 is 0.513 bits per heavy atom. The second-order valence-corrected chi connectivity index (χ2v) is 20.3. The van der Waals surface area contributed by atoms with Crippen LogP contribution in [0.2, 0.25) is 0 Å². The van der Waals surface area contributed by atoms with E-state index < -0.39 is 71.6 Å². The number of nitrogens with one attached hydrogen (secondary N) is 2. The maximum Gasteiger partial charge on any atom is 0.407 e. The Balaban J connectivity index is 0.000000204. The number of hydroxylamine groups is 2. The van der Waals surface area contributed by atoms with Crippen LogP contribution >= 0.6 is 0 Å². The van der Waals surface area contributed by atoms with Crippen LogP contribution in [0.5, 0.6) is 5.75 Å². The molecule has 2 N–H and O–H groups in total. The van der Waals surface area contributed by atoms with Crippen molar-refractivity contribution in [2.45, 2.75) is 89.5 Å². The van der Waals surface area contributed by atoms with Gasteiger partial charge in [-0.05, 0) is 116 Å². The van der Waals surface area contributed by atoms with Crippen LogP contribution in [0.25, 0.3) is 22.3 Å². The van der Waals surface area contributed by atoms with Crippen LogP contribution in [0.1, 0.15) is 108 Å². The summed E-state index contributed by atoms with van der Waals surface area (Å²) >= 11 is 0. The molecule has 1 aliphatic heterocycles. The molecule has 6 aromatic carbocycles. The molecule has 2 aliphatic carbocycles. The third kappa shape index (κ3) is 12.6. The average molecular weight is 1030 g/mol. The summed E-state index contributed by atoms with van der Waals surface area (Å²) in [6.45, 7) is 10.4. The van der Waals surface area contributed by atoms with Gasteiger partial charge in [0.25, 0.3) is 11.8 Å². The van der Waals surface area contributed by atoms with Gasteiger partial charge in [-0.25, -0.2) is 24.0 Å². The molecule has 6 aromatic rings. The van der Waals surface area contributed by atoms with E-state index in [1.54, 1.807) is 60.8 Å². The summed E-state index contributed by atoms with van der Waals surface area (Å²) in [5.74, 6) is -3.76. The third-order valence-electron chi connectivity index (χ3n) is 12.5. The molecule has 2 atom stereocenters. The average Bonchev–Trinajstić information content (AvgIpc) is 4.00. The van der Waals surface area contributed by atoms with Gasteiger partial charge in [0.2, 0.25) is 0 Å². The monoisotopic (exact) mass is 1030 g/mol. The van der Waals surface area contributed by atoms with Crippen molar-refractivity contribution >= 4 is 41.9 Å². The lowest BCUT2D eigenvalue weighted by molar-refractivity contribution is -0.172. The number of imide groups is 1. The van der Waals surface area contributed by atoms with Gasteiger partial charge in [-0.3, -0.25) is 9.59 Å². The van der Waals surface area contributed by atoms with Crippen LogP contribution < -0.4 is 15.4 Å². The molecule has 0 bridgehead atoms. The molecule has 0 radical (unpaired) electrons. The van der Waals surface area contributed by atoms with Crippen LogP contribution in [0.15, 0.2) is 146 Å². The number of ether oxygens (including phenoxy) is 5. The summed E-state index contributed by atoms with van der Waals surface area (Å²) in [4.78, 5) is 94.5. The second kappa shape index (κ2) is 22.8. The number of carbonyl (C=O) groups is 7. The van der Waals surface area contributed by atoms with Gasteiger partial charge in [0.1, 0.15) is 42.2 Å². The summed E-state index contributed by atoms with van der Waals surface area (Å²) < 4.78 is 27.4. The highest BCUT2D eigenvalue weighted by Crippen LogP contribution is 2.46. The normalized spacial score (nSPS) is 14.0. The first-order chi connectivity index (χ1) is 36.3. The lowest BCUT2D eigenvalue weighted by Crippen LogP contribution is -2.46. The number of methoxy groups -OCH3 is 1. The molecule has 0 unspecified atom stereocenters. The first kappa shape index (κ1) is 53.5. The van der Waals surface area contributed by atoms with Crippen LogP contribution in [0.3, 0.4) is 0 Å². The standard InChI is InChI=1S/C31H28N2O8.C29H31NO5/c1-31(2,3)40-29(37)25(16-26(34)41-33-27(35)22-14-8-9-15-23(22)28(33)36)32-30(38)39-17-24-20-12-6-4-10-18(20)19-11-5-7-13-21(19)24;1-29(2,3)35-27(31)26(17-19-10-9-11-20(16-19)33-4)30-28(32)34-18-25-23-14-7-5-12-21(23)22-13-6-8-15-24(22)25/h4-15,24-25H,16-17H2,1-3H3,(H,32,38);5-16,25-26H,17-18H2,1-4H3,(H,30,32)/t25-;26-/m00/s1. The summed E-state index contributed by atoms with van der Waals surface area (Å²) in [5.41, 5.74) is 8.09. The molecule has 0 saturated carbocycles. The van der Waals surface area contributed by atoms with Gasteiger partial charge >= 0.3 is 30.1 Å². The summed E-state index contributed by atoms with van der Waals surface area (Å²) in [7, 11) is 1.58. The molecule has 0 fully saturated rings. The van der Waals surface area contributed by atoms with Crippen LogP contribution in [-0.4, -0.2) is 90.6 Å². The SMILES string of the molecule is CC(C)(C)OC(=O)[C@H](CC(=O)ON1C(=O)c2ccccc2C1=O)NC(=O)OCC1c2ccccc2-c2ccccc21.COc1cccc(C[C@H](NC(=O)OCC2c3ccccc3-c3ccccc32)C(=O)OC(C)(C)C)c1. The third-order valence-corrected chi connectivity index (χ3v) is 12.5. The lowest BCUT2D eigenvalue weighted by Gasteiger charge is -2.25. The molecule has 4 amide bonds. The lowest BCUT2D eigenvalue weighted by atomic mass is 9.98. The number of benzene rings is 6. The molecule has 0 spiro atoms. The number of amides is 4. The summed E-state index contributed by atoms with van der Waals surface area (Å²) in [6, 6.07) is 42.9. The van der Waals surface area contributed by atoms with Crippen molar-refractivity contribution in [3.05, 3.63) is 185 Å². The molecule has 3 aliphatic rings. The minimum absolute atomic E-state index is 0.0135. The molecule has 76 heavy (non-hydrogen) atoms.